The summed E-state index contributed by atoms with van der Waals surface area (Å²) in [4.78, 5) is 4.87. The molecule has 0 saturated carbocycles. The minimum Gasteiger partial charge on any atom is -0.510 e. The van der Waals surface area contributed by atoms with Gasteiger partial charge in [0.15, 0.2) is 0 Å². The van der Waals surface area contributed by atoms with Crippen LogP contribution in [-0.4, -0.2) is 14.1 Å². The van der Waals surface area contributed by atoms with Crippen molar-refractivity contribution in [3.63, 3.8) is 0 Å². The first-order valence-corrected chi connectivity index (χ1v) is 26.4. The zero-order chi connectivity index (χ0) is 62.3. The van der Waals surface area contributed by atoms with Gasteiger partial charge in [0.05, 0.1) is 30.4 Å². The van der Waals surface area contributed by atoms with Crippen molar-refractivity contribution in [2.45, 2.75) is 52.4 Å². The van der Waals surface area contributed by atoms with Crippen molar-refractivity contribution < 1.29 is 44.1 Å². The van der Waals surface area contributed by atoms with E-state index in [1.54, 1.807) is 6.07 Å². The van der Waals surface area contributed by atoms with Crippen LogP contribution in [0.5, 0.6) is 11.5 Å². The van der Waals surface area contributed by atoms with Crippen LogP contribution in [0.2, 0.25) is 0 Å². The molecular weight excluding hydrogens is 1160 g/mol. The first kappa shape index (κ1) is 40.3. The van der Waals surface area contributed by atoms with Crippen LogP contribution in [0.25, 0.3) is 117 Å². The Morgan fingerprint density at radius 1 is 0.487 bits per heavy atom. The van der Waals surface area contributed by atoms with Crippen LogP contribution in [0.4, 0.5) is 0 Å². The van der Waals surface area contributed by atoms with Crippen LogP contribution in [0.15, 0.2) is 230 Å². The summed E-state index contributed by atoms with van der Waals surface area (Å²) in [6, 6.07) is 56.2. The summed E-state index contributed by atoms with van der Waals surface area (Å²) in [5, 5.41) is 2.01. The molecule has 80 heavy (non-hydrogen) atoms. The van der Waals surface area contributed by atoms with Crippen molar-refractivity contribution in [2.24, 2.45) is 0 Å². The Balaban J connectivity index is 0.00000743. The van der Waals surface area contributed by atoms with E-state index in [-0.39, 0.29) is 67.2 Å². The smallest absolute Gasteiger partial charge is 0.268 e. The number of aromatic nitrogens is 4. The molecule has 4 heterocycles. The summed E-state index contributed by atoms with van der Waals surface area (Å²) in [7, 11) is 0. The summed E-state index contributed by atoms with van der Waals surface area (Å²) in [6.07, 6.45) is 5.64. The number of hydrogen-bond acceptors (Lipinski definition) is 2. The van der Waals surface area contributed by atoms with Crippen LogP contribution < -0.4 is 9.30 Å². The second-order valence-electron chi connectivity index (χ2n) is 22.1. The van der Waals surface area contributed by atoms with E-state index in [1.807, 2.05) is 131 Å². The predicted octanol–water partition coefficient (Wildman–Crippen LogP) is 18.5. The van der Waals surface area contributed by atoms with Gasteiger partial charge in [0, 0.05) is 44.3 Å². The van der Waals surface area contributed by atoms with Gasteiger partial charge in [-0.25, -0.2) is 4.98 Å². The van der Waals surface area contributed by atoms with E-state index in [4.69, 9.17) is 17.9 Å². The molecule has 10 aromatic carbocycles. The zero-order valence-electron chi connectivity index (χ0n) is 54.7. The van der Waals surface area contributed by atoms with E-state index in [1.165, 1.54) is 0 Å². The van der Waals surface area contributed by atoms with E-state index in [0.717, 1.165) is 55.4 Å². The summed E-state index contributed by atoms with van der Waals surface area (Å²) in [6.45, 7) is 13.0. The molecule has 0 atom stereocenters. The second kappa shape index (κ2) is 19.8. The molecule has 13 aromatic rings. The molecule has 0 amide bonds. The van der Waals surface area contributed by atoms with Gasteiger partial charge in [-0.3, -0.25) is 4.57 Å². The maximum atomic E-state index is 9.43. The molecule has 390 valence electrons. The van der Waals surface area contributed by atoms with E-state index in [9.17, 15) is 5.48 Å². The van der Waals surface area contributed by atoms with Crippen molar-refractivity contribution in [3.05, 3.63) is 260 Å². The van der Waals surface area contributed by atoms with Gasteiger partial charge in [-0.05, 0) is 124 Å². The number of imidazole rings is 1. The molecule has 0 N–H and O–H groups in total. The van der Waals surface area contributed by atoms with Gasteiger partial charge in [-0.15, -0.1) is 29.7 Å². The number of fused-ring (bicyclic) bond motifs is 10. The molecule has 0 saturated heterocycles. The Bertz CT molecular complexity index is 5100. The van der Waals surface area contributed by atoms with Gasteiger partial charge in [0.2, 0.25) is 0 Å². The van der Waals surface area contributed by atoms with Crippen LogP contribution >= 0.6 is 0 Å². The topological polar surface area (TPSA) is 35.9 Å². The minimum atomic E-state index is -0.516. The van der Waals surface area contributed by atoms with Gasteiger partial charge in [-0.2, -0.15) is 18.2 Å². The van der Waals surface area contributed by atoms with Crippen molar-refractivity contribution in [3.8, 4) is 95.5 Å². The summed E-state index contributed by atoms with van der Waals surface area (Å²) < 4.78 is 103. The number of pyridine rings is 1. The maximum absolute atomic E-state index is 9.43. The molecule has 6 heteroatoms. The van der Waals surface area contributed by atoms with Gasteiger partial charge in [0.1, 0.15) is 5.82 Å². The van der Waals surface area contributed by atoms with Crippen molar-refractivity contribution in [1.82, 2.24) is 14.1 Å². The Hall–Kier alpha value is -8.89. The third kappa shape index (κ3) is 8.69. The quantitative estimate of drug-likeness (QED) is 0.118. The minimum absolute atomic E-state index is 0. The summed E-state index contributed by atoms with van der Waals surface area (Å²) >= 11 is 0. The Morgan fingerprint density at radius 2 is 1.12 bits per heavy atom. The average Bonchev–Trinajstić information content (AvgIpc) is 1.50. The zero-order valence-corrected chi connectivity index (χ0v) is 47.0. The number of nitrogens with zero attached hydrogens (tertiary/aromatic N) is 4. The number of hydrogen-bond donors (Lipinski definition) is 0. The van der Waals surface area contributed by atoms with Crippen molar-refractivity contribution in [2.75, 3.05) is 0 Å². The van der Waals surface area contributed by atoms with E-state index in [2.05, 4.69) is 107 Å². The molecule has 0 radical (unpaired) electrons. The third-order valence-corrected chi connectivity index (χ3v) is 15.1. The number of ether oxygens (including phenoxy) is 1. The normalized spacial score (nSPS) is 13.8. The van der Waals surface area contributed by atoms with Crippen LogP contribution in [-0.2, 0) is 31.9 Å². The standard InChI is InChI=1S/C74H56N4O.Pt/c1-73(2,3)52-36-34-50(35-37-52)58-30-19-32-64-70-57(49-22-11-8-12-23-49)29-18-31-63(70)59-26-13-14-27-60(59)65-42-51(48-20-9-7-10-21-48)43-68-72(65)77(71(58)64)47-76(68)54-24-17-25-55(45-54)79-56-38-39-62-61-28-15-16-33-66(61)78(67(62)46-56)69-44-53(40-41-75-69)74(4,5)6;/h7-44H,1-6H3;/q-2;/i7D,8D,9D,10D,11D,12D,20D,21D,22D,23D;. The van der Waals surface area contributed by atoms with E-state index < -0.39 is 36.3 Å². The predicted molar refractivity (Wildman–Crippen MR) is 324 cm³/mol. The molecule has 0 aliphatic carbocycles. The van der Waals surface area contributed by atoms with Crippen LogP contribution in [0.1, 0.15) is 66.4 Å². The van der Waals surface area contributed by atoms with Gasteiger partial charge >= 0.3 is 0 Å². The first-order chi connectivity index (χ1) is 42.6. The molecule has 5 nitrogen and oxygen atoms in total. The number of para-hydroxylation sites is 2. The number of benzene rings is 10. The molecule has 3 aromatic heterocycles. The molecular formula is C74H56N4OPt-2. The molecule has 14 rings (SSSR count). The van der Waals surface area contributed by atoms with Gasteiger partial charge in [0.25, 0.3) is 6.33 Å². The molecule has 1 aliphatic rings. The maximum Gasteiger partial charge on any atom is 0.268 e. The van der Waals surface area contributed by atoms with Gasteiger partial charge < -0.3 is 13.9 Å². The molecule has 0 unspecified atom stereocenters. The Kier molecular flexibility index (Phi) is 9.97. The summed E-state index contributed by atoms with van der Waals surface area (Å²) in [5.74, 6) is 1.52. The van der Waals surface area contributed by atoms with Crippen molar-refractivity contribution in [1.29, 1.82) is 0 Å². The first-order valence-electron chi connectivity index (χ1n) is 31.4. The third-order valence-electron chi connectivity index (χ3n) is 15.1. The fraction of sp³-hybridized carbons (Fsp3) is 0.108. The Labute approximate surface area is 496 Å². The fourth-order valence-corrected chi connectivity index (χ4v) is 11.2. The Morgan fingerprint density at radius 3 is 1.88 bits per heavy atom. The molecule has 0 bridgehead atoms. The monoisotopic (exact) mass is 1220 g/mol. The molecule has 0 fully saturated rings. The average molecular weight is 1220 g/mol. The van der Waals surface area contributed by atoms with E-state index >= 15 is 0 Å². The molecule has 1 aliphatic heterocycles. The largest absolute Gasteiger partial charge is 0.510 e. The van der Waals surface area contributed by atoms with E-state index in [0.29, 0.717) is 72.9 Å². The van der Waals surface area contributed by atoms with Crippen LogP contribution in [0, 0.1) is 18.5 Å². The number of rotatable bonds is 7. The van der Waals surface area contributed by atoms with Crippen molar-refractivity contribution >= 4 is 32.8 Å². The van der Waals surface area contributed by atoms with Crippen LogP contribution in [0.3, 0.4) is 0 Å². The summed E-state index contributed by atoms with van der Waals surface area (Å²) in [5.41, 5.74) is 12.4. The molecule has 0 spiro atoms. The fourth-order valence-electron chi connectivity index (χ4n) is 11.2. The second-order valence-corrected chi connectivity index (χ2v) is 22.1. The van der Waals surface area contributed by atoms with Gasteiger partial charge in [-0.1, -0.05) is 217 Å². The SMILES string of the molecule is [2H]c1c([2H])c([2H])c(-c2cc3c4c(c2)n(-c2[c-]c(Oc5[c-]c6c(cc5)c5ccccc5n6-c5cc(C(C)(C)C)ccn5)ccc2)[c-][n+]4-c2c(-c4ccc(C(C)(C)C)cc4)cccc2-c2c(cccc2-c2c([2H])c([2H])c([2H])c([2H])c2[2H])-c2ccccc2-3)c([2H])c1[2H].[Pt].